The van der Waals surface area contributed by atoms with Gasteiger partial charge >= 0.3 is 0 Å². The van der Waals surface area contributed by atoms with E-state index in [1.54, 1.807) is 6.26 Å². The highest BCUT2D eigenvalue weighted by molar-refractivity contribution is 7.15. The van der Waals surface area contributed by atoms with E-state index in [2.05, 4.69) is 5.32 Å². The first kappa shape index (κ1) is 9.62. The molecular weight excluding hydrogens is 218 g/mol. The smallest absolute Gasteiger partial charge is 0.125 e. The van der Waals surface area contributed by atoms with Crippen molar-refractivity contribution < 1.29 is 4.42 Å². The first-order chi connectivity index (χ1) is 6.77. The van der Waals surface area contributed by atoms with E-state index in [1.165, 1.54) is 11.3 Å². The Morgan fingerprint density at radius 2 is 2.36 bits per heavy atom. The maximum absolute atomic E-state index is 5.97. The van der Waals surface area contributed by atoms with Gasteiger partial charge in [0, 0.05) is 0 Å². The standard InChI is InChI=1S/C10H10ClNOS/c1-7(9-3-2-5-13-9)12-8-4-6-14-10(8)11/h2-7,12H,1H3. The zero-order valence-electron chi connectivity index (χ0n) is 7.66. The van der Waals surface area contributed by atoms with Crippen LogP contribution in [0, 0.1) is 0 Å². The Morgan fingerprint density at radius 3 is 2.93 bits per heavy atom. The minimum absolute atomic E-state index is 0.136. The van der Waals surface area contributed by atoms with E-state index in [4.69, 9.17) is 16.0 Å². The highest BCUT2D eigenvalue weighted by atomic mass is 35.5. The van der Waals surface area contributed by atoms with Gasteiger partial charge in [0.15, 0.2) is 0 Å². The van der Waals surface area contributed by atoms with E-state index in [0.29, 0.717) is 0 Å². The lowest BCUT2D eigenvalue weighted by Crippen LogP contribution is -2.04. The van der Waals surface area contributed by atoms with Crippen molar-refractivity contribution in [2.45, 2.75) is 13.0 Å². The average molecular weight is 228 g/mol. The maximum Gasteiger partial charge on any atom is 0.125 e. The Bertz CT molecular complexity index is 396. The molecule has 0 amide bonds. The second kappa shape index (κ2) is 4.07. The van der Waals surface area contributed by atoms with Crippen LogP contribution in [0.15, 0.2) is 34.3 Å². The summed E-state index contributed by atoms with van der Waals surface area (Å²) in [4.78, 5) is 0. The quantitative estimate of drug-likeness (QED) is 0.852. The Morgan fingerprint density at radius 1 is 1.50 bits per heavy atom. The predicted octanol–water partition coefficient (Wildman–Crippen LogP) is 4.17. The fourth-order valence-electron chi connectivity index (χ4n) is 1.24. The van der Waals surface area contributed by atoms with Gasteiger partial charge in [-0.2, -0.15) is 0 Å². The van der Waals surface area contributed by atoms with Gasteiger partial charge in [-0.15, -0.1) is 11.3 Å². The van der Waals surface area contributed by atoms with Gasteiger partial charge in [0.05, 0.1) is 18.0 Å². The molecule has 4 heteroatoms. The monoisotopic (exact) mass is 227 g/mol. The fourth-order valence-corrected chi connectivity index (χ4v) is 2.09. The molecule has 1 unspecified atom stereocenters. The van der Waals surface area contributed by atoms with Crippen molar-refractivity contribution in [2.75, 3.05) is 5.32 Å². The molecule has 1 atom stereocenters. The Kier molecular flexibility index (Phi) is 2.79. The third kappa shape index (κ3) is 1.94. The van der Waals surface area contributed by atoms with E-state index in [0.717, 1.165) is 15.8 Å². The second-order valence-electron chi connectivity index (χ2n) is 2.99. The van der Waals surface area contributed by atoms with Crippen LogP contribution in [0.3, 0.4) is 0 Å². The molecule has 74 valence electrons. The summed E-state index contributed by atoms with van der Waals surface area (Å²) in [7, 11) is 0. The normalized spacial score (nSPS) is 12.7. The second-order valence-corrected chi connectivity index (χ2v) is 4.51. The van der Waals surface area contributed by atoms with Crippen molar-refractivity contribution in [1.82, 2.24) is 0 Å². The Balaban J connectivity index is 2.09. The molecule has 0 fully saturated rings. The molecule has 14 heavy (non-hydrogen) atoms. The number of nitrogens with one attached hydrogen (secondary N) is 1. The van der Waals surface area contributed by atoms with Gasteiger partial charge in [-0.05, 0) is 30.5 Å². The lowest BCUT2D eigenvalue weighted by molar-refractivity contribution is 0.490. The molecule has 0 aromatic carbocycles. The summed E-state index contributed by atoms with van der Waals surface area (Å²) in [6.07, 6.45) is 1.67. The molecule has 0 radical (unpaired) electrons. The van der Waals surface area contributed by atoms with Gasteiger partial charge in [0.25, 0.3) is 0 Å². The van der Waals surface area contributed by atoms with Crippen LogP contribution in [-0.4, -0.2) is 0 Å². The van der Waals surface area contributed by atoms with Gasteiger partial charge in [-0.1, -0.05) is 11.6 Å². The molecule has 2 aromatic rings. The number of hydrogen-bond acceptors (Lipinski definition) is 3. The van der Waals surface area contributed by atoms with Crippen molar-refractivity contribution in [2.24, 2.45) is 0 Å². The highest BCUT2D eigenvalue weighted by Gasteiger charge is 2.09. The van der Waals surface area contributed by atoms with Crippen LogP contribution in [-0.2, 0) is 0 Å². The van der Waals surface area contributed by atoms with Crippen LogP contribution in [0.2, 0.25) is 4.34 Å². The van der Waals surface area contributed by atoms with Crippen molar-refractivity contribution in [1.29, 1.82) is 0 Å². The molecule has 2 aromatic heterocycles. The Labute approximate surface area is 91.5 Å². The molecule has 2 nitrogen and oxygen atoms in total. The summed E-state index contributed by atoms with van der Waals surface area (Å²) in [5.41, 5.74) is 0.959. The van der Waals surface area contributed by atoms with Gasteiger partial charge < -0.3 is 9.73 Å². The fraction of sp³-hybridized carbons (Fsp3) is 0.200. The third-order valence-electron chi connectivity index (χ3n) is 1.96. The molecule has 0 aliphatic heterocycles. The van der Waals surface area contributed by atoms with E-state index >= 15 is 0 Å². The molecule has 2 heterocycles. The van der Waals surface area contributed by atoms with Crippen LogP contribution in [0.25, 0.3) is 0 Å². The van der Waals surface area contributed by atoms with Crippen LogP contribution < -0.4 is 5.32 Å². The summed E-state index contributed by atoms with van der Waals surface area (Å²) < 4.78 is 6.06. The molecule has 0 spiro atoms. The number of hydrogen-bond donors (Lipinski definition) is 1. The van der Waals surface area contributed by atoms with Gasteiger partial charge in [-0.25, -0.2) is 0 Å². The van der Waals surface area contributed by atoms with Crippen molar-refractivity contribution in [3.8, 4) is 0 Å². The molecule has 2 rings (SSSR count). The number of halogens is 1. The Hall–Kier alpha value is -0.930. The zero-order chi connectivity index (χ0) is 9.97. The zero-order valence-corrected chi connectivity index (χ0v) is 9.23. The molecular formula is C10H10ClNOS. The maximum atomic E-state index is 5.97. The van der Waals surface area contributed by atoms with Gasteiger partial charge in [0.2, 0.25) is 0 Å². The van der Waals surface area contributed by atoms with E-state index in [-0.39, 0.29) is 6.04 Å². The minimum Gasteiger partial charge on any atom is -0.467 e. The van der Waals surface area contributed by atoms with Crippen molar-refractivity contribution in [3.63, 3.8) is 0 Å². The molecule has 1 N–H and O–H groups in total. The summed E-state index contributed by atoms with van der Waals surface area (Å²) in [6.45, 7) is 2.03. The molecule has 0 aliphatic carbocycles. The van der Waals surface area contributed by atoms with Crippen LogP contribution in [0.4, 0.5) is 5.69 Å². The van der Waals surface area contributed by atoms with E-state index in [1.807, 2.05) is 30.5 Å². The highest BCUT2D eigenvalue weighted by Crippen LogP contribution is 2.30. The molecule has 0 bridgehead atoms. The number of thiophene rings is 1. The third-order valence-corrected chi connectivity index (χ3v) is 3.13. The van der Waals surface area contributed by atoms with E-state index < -0.39 is 0 Å². The predicted molar refractivity (Wildman–Crippen MR) is 60.1 cm³/mol. The molecule has 0 aliphatic rings. The summed E-state index contributed by atoms with van der Waals surface area (Å²) in [5.74, 6) is 0.910. The van der Waals surface area contributed by atoms with Crippen LogP contribution in [0.1, 0.15) is 18.7 Å². The average Bonchev–Trinajstić information content (AvgIpc) is 2.77. The first-order valence-electron chi connectivity index (χ1n) is 4.30. The molecule has 0 saturated heterocycles. The number of rotatable bonds is 3. The van der Waals surface area contributed by atoms with E-state index in [9.17, 15) is 0 Å². The summed E-state index contributed by atoms with van der Waals surface area (Å²) >= 11 is 7.49. The van der Waals surface area contributed by atoms with Gasteiger partial charge in [0.1, 0.15) is 10.1 Å². The minimum atomic E-state index is 0.136. The summed E-state index contributed by atoms with van der Waals surface area (Å²) in [6, 6.07) is 5.92. The van der Waals surface area contributed by atoms with Crippen LogP contribution in [0.5, 0.6) is 0 Å². The largest absolute Gasteiger partial charge is 0.467 e. The SMILES string of the molecule is CC(Nc1ccsc1Cl)c1ccco1. The van der Waals surface area contributed by atoms with Crippen molar-refractivity contribution in [3.05, 3.63) is 39.9 Å². The van der Waals surface area contributed by atoms with Crippen molar-refractivity contribution >= 4 is 28.6 Å². The summed E-state index contributed by atoms with van der Waals surface area (Å²) in [5, 5.41) is 5.24. The topological polar surface area (TPSA) is 25.2 Å². The lowest BCUT2D eigenvalue weighted by atomic mass is 10.2. The molecule has 0 saturated carbocycles. The van der Waals surface area contributed by atoms with Crippen LogP contribution >= 0.6 is 22.9 Å². The number of anilines is 1. The lowest BCUT2D eigenvalue weighted by Gasteiger charge is -2.11. The number of furan rings is 1. The first-order valence-corrected chi connectivity index (χ1v) is 5.56. The van der Waals surface area contributed by atoms with Gasteiger partial charge in [-0.3, -0.25) is 0 Å².